The molecule has 5 nitrogen and oxygen atoms in total. The molecule has 2 heterocycles. The Hall–Kier alpha value is -2.06. The van der Waals surface area contributed by atoms with Gasteiger partial charge >= 0.3 is 5.97 Å². The van der Waals surface area contributed by atoms with E-state index in [1.165, 1.54) is 0 Å². The number of carboxylic acid groups (broad SMARTS) is 1. The Morgan fingerprint density at radius 2 is 2.06 bits per heavy atom. The monoisotopic (exact) mass is 550 g/mol. The molecular weight excluding hydrogens is 522 g/mol. The van der Waals surface area contributed by atoms with E-state index in [9.17, 15) is 9.90 Å². The van der Waals surface area contributed by atoms with E-state index in [0.29, 0.717) is 39.8 Å². The predicted octanol–water partition coefficient (Wildman–Crippen LogP) is 7.16. The van der Waals surface area contributed by atoms with Crippen molar-refractivity contribution < 1.29 is 19.0 Å². The van der Waals surface area contributed by atoms with Crippen LogP contribution in [0.15, 0.2) is 53.6 Å². The average Bonchev–Trinajstić information content (AvgIpc) is 2.88. The number of benzene rings is 2. The number of hydrogen-bond acceptors (Lipinski definition) is 5. The zero-order valence-electron chi connectivity index (χ0n) is 20.0. The van der Waals surface area contributed by atoms with Gasteiger partial charge in [0.2, 0.25) is 0 Å². The Bertz CT molecular complexity index is 1190. The number of aliphatic carboxylic acids is 1. The maximum Gasteiger partial charge on any atom is 0.308 e. The fourth-order valence-corrected chi connectivity index (χ4v) is 6.55. The molecule has 0 unspecified atom stereocenters. The van der Waals surface area contributed by atoms with Crippen LogP contribution in [0.3, 0.4) is 0 Å². The number of thioether (sulfide) groups is 1. The SMILES string of the molecule is COc1ccc2nccc([C@H](F)CC[C@@H]3CCN(CCSc4c(Cl)cccc4Cl)C[C@@H]3C(=O)O)c2c1. The number of methoxy groups -OCH3 is 1. The molecule has 2 aromatic carbocycles. The maximum atomic E-state index is 15.4. The largest absolute Gasteiger partial charge is 0.497 e. The lowest BCUT2D eigenvalue weighted by Crippen LogP contribution is -2.44. The number of ether oxygens (including phenoxy) is 1. The van der Waals surface area contributed by atoms with Crippen LogP contribution in [0.2, 0.25) is 10.0 Å². The van der Waals surface area contributed by atoms with E-state index in [1.807, 2.05) is 24.3 Å². The number of alkyl halides is 1. The highest BCUT2D eigenvalue weighted by molar-refractivity contribution is 7.99. The molecule has 9 heteroatoms. The summed E-state index contributed by atoms with van der Waals surface area (Å²) in [4.78, 5) is 19.4. The van der Waals surface area contributed by atoms with E-state index in [2.05, 4.69) is 9.88 Å². The van der Waals surface area contributed by atoms with Gasteiger partial charge in [-0.25, -0.2) is 4.39 Å². The number of pyridine rings is 1. The molecule has 1 aliphatic rings. The molecule has 3 aromatic rings. The Labute approximate surface area is 224 Å². The van der Waals surface area contributed by atoms with Gasteiger partial charge in [0.25, 0.3) is 0 Å². The molecular formula is C27H29Cl2FN2O3S. The summed E-state index contributed by atoms with van der Waals surface area (Å²) in [7, 11) is 1.58. The van der Waals surface area contributed by atoms with Crippen LogP contribution in [0.5, 0.6) is 5.75 Å². The van der Waals surface area contributed by atoms with Gasteiger partial charge in [-0.3, -0.25) is 9.78 Å². The molecule has 1 aliphatic heterocycles. The van der Waals surface area contributed by atoms with Crippen LogP contribution in [0.25, 0.3) is 10.9 Å². The fraction of sp³-hybridized carbons (Fsp3) is 0.407. The highest BCUT2D eigenvalue weighted by atomic mass is 35.5. The third kappa shape index (κ3) is 6.43. The first-order valence-corrected chi connectivity index (χ1v) is 13.7. The summed E-state index contributed by atoms with van der Waals surface area (Å²) in [6, 6.07) is 12.6. The molecule has 1 aromatic heterocycles. The number of halogens is 3. The van der Waals surface area contributed by atoms with Gasteiger partial charge in [-0.15, -0.1) is 11.8 Å². The Kier molecular flexibility index (Phi) is 9.34. The highest BCUT2D eigenvalue weighted by Gasteiger charge is 2.34. The average molecular weight is 552 g/mol. The quantitative estimate of drug-likeness (QED) is 0.270. The van der Waals surface area contributed by atoms with Crippen molar-refractivity contribution in [1.82, 2.24) is 9.88 Å². The number of nitrogens with zero attached hydrogens (tertiary/aromatic N) is 2. The third-order valence-electron chi connectivity index (χ3n) is 6.84. The second-order valence-corrected chi connectivity index (χ2v) is 10.9. The van der Waals surface area contributed by atoms with Crippen LogP contribution in [0, 0.1) is 11.8 Å². The second-order valence-electron chi connectivity index (χ2n) is 9.02. The molecule has 192 valence electrons. The number of likely N-dealkylation sites (tertiary alicyclic amines) is 1. The van der Waals surface area contributed by atoms with E-state index in [4.69, 9.17) is 27.9 Å². The second kappa shape index (κ2) is 12.5. The molecule has 1 N–H and O–H groups in total. The molecule has 36 heavy (non-hydrogen) atoms. The van der Waals surface area contributed by atoms with Crippen molar-refractivity contribution in [2.24, 2.45) is 11.8 Å². The number of carbonyl (C=O) groups is 1. The standard InChI is InChI=1S/C27H29Cl2FN2O3S/c1-35-18-6-8-25-20(15-18)19(9-11-31-25)24(30)7-5-17-10-12-32(16-21(17)27(33)34)13-14-36-26-22(28)3-2-4-23(26)29/h2-4,6,8-9,11,15,17,21,24H,5,7,10,12-14,16H2,1H3,(H,33,34)/t17-,21+,24-/m1/s1. The summed E-state index contributed by atoms with van der Waals surface area (Å²) >= 11 is 14.1. The van der Waals surface area contributed by atoms with Crippen molar-refractivity contribution >= 4 is 51.8 Å². The summed E-state index contributed by atoms with van der Waals surface area (Å²) in [5, 5.41) is 11.9. The molecule has 0 spiro atoms. The van der Waals surface area contributed by atoms with Crippen molar-refractivity contribution in [3.05, 3.63) is 64.3 Å². The zero-order valence-corrected chi connectivity index (χ0v) is 22.3. The number of hydrogen-bond donors (Lipinski definition) is 1. The van der Waals surface area contributed by atoms with E-state index in [0.717, 1.165) is 35.5 Å². The minimum absolute atomic E-state index is 0.0645. The molecule has 0 bridgehead atoms. The molecule has 1 saturated heterocycles. The van der Waals surface area contributed by atoms with E-state index in [1.54, 1.807) is 43.3 Å². The van der Waals surface area contributed by atoms with Crippen molar-refractivity contribution in [2.45, 2.75) is 30.3 Å². The topological polar surface area (TPSA) is 62.7 Å². The summed E-state index contributed by atoms with van der Waals surface area (Å²) in [6.45, 7) is 1.99. The summed E-state index contributed by atoms with van der Waals surface area (Å²) < 4.78 is 20.7. The van der Waals surface area contributed by atoms with Crippen LogP contribution < -0.4 is 4.74 Å². The van der Waals surface area contributed by atoms with Crippen LogP contribution in [-0.4, -0.2) is 53.5 Å². The van der Waals surface area contributed by atoms with Gasteiger partial charge in [0.15, 0.2) is 0 Å². The van der Waals surface area contributed by atoms with Gasteiger partial charge in [0.05, 0.1) is 28.6 Å². The van der Waals surface area contributed by atoms with Gasteiger partial charge < -0.3 is 14.7 Å². The van der Waals surface area contributed by atoms with Gasteiger partial charge in [0, 0.05) is 35.3 Å². The first-order valence-electron chi connectivity index (χ1n) is 12.0. The Morgan fingerprint density at radius 3 is 2.78 bits per heavy atom. The lowest BCUT2D eigenvalue weighted by molar-refractivity contribution is -0.146. The Morgan fingerprint density at radius 1 is 1.28 bits per heavy atom. The Balaban J connectivity index is 1.34. The van der Waals surface area contributed by atoms with Crippen LogP contribution in [-0.2, 0) is 4.79 Å². The fourth-order valence-electron chi connectivity index (χ4n) is 4.86. The molecule has 0 amide bonds. The van der Waals surface area contributed by atoms with Crippen LogP contribution >= 0.6 is 35.0 Å². The molecule has 1 fully saturated rings. The molecule has 0 saturated carbocycles. The van der Waals surface area contributed by atoms with Crippen molar-refractivity contribution in [3.8, 4) is 5.75 Å². The molecule has 0 aliphatic carbocycles. The predicted molar refractivity (Wildman–Crippen MR) is 144 cm³/mol. The molecule has 0 radical (unpaired) electrons. The number of fused-ring (bicyclic) bond motifs is 1. The first-order chi connectivity index (χ1) is 17.4. The first kappa shape index (κ1) is 27.0. The van der Waals surface area contributed by atoms with Crippen LogP contribution in [0.4, 0.5) is 4.39 Å². The van der Waals surface area contributed by atoms with Crippen molar-refractivity contribution in [1.29, 1.82) is 0 Å². The minimum atomic E-state index is -1.20. The highest BCUT2D eigenvalue weighted by Crippen LogP contribution is 2.37. The van der Waals surface area contributed by atoms with E-state index < -0.39 is 18.1 Å². The van der Waals surface area contributed by atoms with Crippen molar-refractivity contribution in [2.75, 3.05) is 32.5 Å². The number of aromatic nitrogens is 1. The number of piperidine rings is 1. The van der Waals surface area contributed by atoms with Gasteiger partial charge in [-0.2, -0.15) is 0 Å². The van der Waals surface area contributed by atoms with Gasteiger partial charge in [-0.1, -0.05) is 29.3 Å². The maximum absolute atomic E-state index is 15.4. The lowest BCUT2D eigenvalue weighted by Gasteiger charge is -2.36. The summed E-state index contributed by atoms with van der Waals surface area (Å²) in [6.07, 6.45) is 1.93. The van der Waals surface area contributed by atoms with E-state index >= 15 is 4.39 Å². The normalized spacial score (nSPS) is 19.3. The third-order valence-corrected chi connectivity index (χ3v) is 8.81. The lowest BCUT2D eigenvalue weighted by atomic mass is 9.81. The van der Waals surface area contributed by atoms with Crippen molar-refractivity contribution in [3.63, 3.8) is 0 Å². The molecule has 4 rings (SSSR count). The number of carboxylic acids is 1. The minimum Gasteiger partial charge on any atom is -0.497 e. The zero-order chi connectivity index (χ0) is 25.7. The molecule has 3 atom stereocenters. The van der Waals surface area contributed by atoms with E-state index in [-0.39, 0.29) is 12.3 Å². The smallest absolute Gasteiger partial charge is 0.308 e. The van der Waals surface area contributed by atoms with Gasteiger partial charge in [-0.05, 0) is 73.7 Å². The van der Waals surface area contributed by atoms with Crippen LogP contribution in [0.1, 0.15) is 31.0 Å². The summed E-state index contributed by atoms with van der Waals surface area (Å²) in [5.74, 6) is 0.00339. The summed E-state index contributed by atoms with van der Waals surface area (Å²) in [5.41, 5.74) is 1.28. The van der Waals surface area contributed by atoms with Gasteiger partial charge in [0.1, 0.15) is 11.9 Å². The number of rotatable bonds is 10.